The molecule has 3 aromatic rings. The fourth-order valence-electron chi connectivity index (χ4n) is 3.65. The molecule has 3 rings (SSSR count). The van der Waals surface area contributed by atoms with Crippen LogP contribution >= 0.6 is 0 Å². The molecule has 6 heteroatoms. The van der Waals surface area contributed by atoms with Crippen molar-refractivity contribution >= 4 is 34.8 Å². The van der Waals surface area contributed by atoms with Crippen LogP contribution in [-0.2, 0) is 16.0 Å². The third kappa shape index (κ3) is 7.55. The predicted molar refractivity (Wildman–Crippen MR) is 145 cm³/mol. The SMILES string of the molecule is C/C=c1/[nH]c(-c2ccc(NC(=O)Cc3ccc(NC(=O)/C=C/CN(C)C)cc3)cc2)cc1=C(C)C. The van der Waals surface area contributed by atoms with E-state index in [2.05, 4.69) is 41.6 Å². The lowest BCUT2D eigenvalue weighted by atomic mass is 10.1. The van der Waals surface area contributed by atoms with Crippen molar-refractivity contribution in [3.8, 4) is 11.3 Å². The fraction of sp³-hybridized carbons (Fsp3) is 0.241. The Morgan fingerprint density at radius 3 is 2.14 bits per heavy atom. The highest BCUT2D eigenvalue weighted by atomic mass is 16.2. The second-order valence-corrected chi connectivity index (χ2v) is 8.95. The summed E-state index contributed by atoms with van der Waals surface area (Å²) in [7, 11) is 3.88. The molecule has 0 aliphatic carbocycles. The Morgan fingerprint density at radius 1 is 0.943 bits per heavy atom. The van der Waals surface area contributed by atoms with E-state index in [9.17, 15) is 9.59 Å². The number of benzene rings is 2. The van der Waals surface area contributed by atoms with Gasteiger partial charge in [-0.05, 0) is 81.5 Å². The summed E-state index contributed by atoms with van der Waals surface area (Å²) in [5, 5.41) is 8.10. The van der Waals surface area contributed by atoms with E-state index in [0.29, 0.717) is 12.2 Å². The van der Waals surface area contributed by atoms with Gasteiger partial charge in [-0.1, -0.05) is 42.0 Å². The number of hydrogen-bond acceptors (Lipinski definition) is 3. The second kappa shape index (κ2) is 12.0. The van der Waals surface area contributed by atoms with Gasteiger partial charge in [-0.25, -0.2) is 0 Å². The first-order chi connectivity index (χ1) is 16.7. The van der Waals surface area contributed by atoms with Gasteiger partial charge in [0.25, 0.3) is 0 Å². The Kier molecular flexibility index (Phi) is 8.81. The Bertz CT molecular complexity index is 1310. The predicted octanol–water partition coefficient (Wildman–Crippen LogP) is 3.91. The van der Waals surface area contributed by atoms with Gasteiger partial charge in [-0.15, -0.1) is 0 Å². The van der Waals surface area contributed by atoms with E-state index in [1.165, 1.54) is 16.9 Å². The molecule has 2 amide bonds. The van der Waals surface area contributed by atoms with Crippen LogP contribution in [0.3, 0.4) is 0 Å². The number of likely N-dealkylation sites (N-methyl/N-ethyl adjacent to an activating group) is 1. The van der Waals surface area contributed by atoms with Gasteiger partial charge in [0.05, 0.1) is 6.42 Å². The largest absolute Gasteiger partial charge is 0.355 e. The molecule has 0 atom stereocenters. The zero-order chi connectivity index (χ0) is 25.4. The van der Waals surface area contributed by atoms with Crippen molar-refractivity contribution in [3.63, 3.8) is 0 Å². The Balaban J connectivity index is 1.57. The number of amides is 2. The lowest BCUT2D eigenvalue weighted by Crippen LogP contribution is -2.22. The van der Waals surface area contributed by atoms with Crippen molar-refractivity contribution in [2.45, 2.75) is 27.2 Å². The van der Waals surface area contributed by atoms with Crippen molar-refractivity contribution < 1.29 is 9.59 Å². The van der Waals surface area contributed by atoms with Crippen LogP contribution in [0.4, 0.5) is 11.4 Å². The van der Waals surface area contributed by atoms with Crippen LogP contribution < -0.4 is 21.2 Å². The maximum atomic E-state index is 12.5. The monoisotopic (exact) mass is 470 g/mol. The number of H-pyrrole nitrogens is 1. The van der Waals surface area contributed by atoms with Crippen molar-refractivity contribution in [2.24, 2.45) is 0 Å². The average molecular weight is 471 g/mol. The molecular formula is C29H34N4O2. The second-order valence-electron chi connectivity index (χ2n) is 8.95. The average Bonchev–Trinajstić information content (AvgIpc) is 3.25. The highest BCUT2D eigenvalue weighted by molar-refractivity contribution is 5.99. The highest BCUT2D eigenvalue weighted by Crippen LogP contribution is 2.18. The van der Waals surface area contributed by atoms with Crippen LogP contribution in [0.5, 0.6) is 0 Å². The van der Waals surface area contributed by atoms with E-state index in [1.54, 1.807) is 12.1 Å². The van der Waals surface area contributed by atoms with Crippen LogP contribution in [0, 0.1) is 0 Å². The normalized spacial score (nSPS) is 11.8. The number of anilines is 2. The van der Waals surface area contributed by atoms with Gasteiger partial charge < -0.3 is 20.5 Å². The molecule has 0 spiro atoms. The summed E-state index contributed by atoms with van der Waals surface area (Å²) >= 11 is 0. The lowest BCUT2D eigenvalue weighted by molar-refractivity contribution is -0.115. The number of rotatable bonds is 8. The third-order valence-electron chi connectivity index (χ3n) is 5.48. The minimum Gasteiger partial charge on any atom is -0.355 e. The molecule has 6 nitrogen and oxygen atoms in total. The number of hydrogen-bond donors (Lipinski definition) is 3. The molecule has 182 valence electrons. The Labute approximate surface area is 207 Å². The highest BCUT2D eigenvalue weighted by Gasteiger charge is 2.07. The summed E-state index contributed by atoms with van der Waals surface area (Å²) in [6, 6.07) is 17.3. The van der Waals surface area contributed by atoms with Crippen LogP contribution in [0.1, 0.15) is 26.3 Å². The first-order valence-corrected chi connectivity index (χ1v) is 11.7. The topological polar surface area (TPSA) is 77.2 Å². The molecule has 0 fully saturated rings. The first kappa shape index (κ1) is 25.7. The van der Waals surface area contributed by atoms with Gasteiger partial charge in [0.2, 0.25) is 11.8 Å². The molecule has 0 bridgehead atoms. The zero-order valence-corrected chi connectivity index (χ0v) is 21.1. The quantitative estimate of drug-likeness (QED) is 0.437. The third-order valence-corrected chi connectivity index (χ3v) is 5.48. The van der Waals surface area contributed by atoms with E-state index in [1.807, 2.05) is 68.4 Å². The molecule has 0 saturated heterocycles. The summed E-state index contributed by atoms with van der Waals surface area (Å²) in [4.78, 5) is 29.9. The standard InChI is InChI=1S/C29H34N4O2/c1-6-26-25(20(2)3)19-27(32-26)22-11-15-24(16-12-22)31-29(35)18-21-9-13-23(14-10-21)30-28(34)8-7-17-33(4)5/h6-16,19,32H,17-18H2,1-5H3,(H,30,34)(H,31,35)/b8-7+,26-6+. The summed E-state index contributed by atoms with van der Waals surface area (Å²) < 4.78 is 0. The van der Waals surface area contributed by atoms with Crippen LogP contribution in [-0.4, -0.2) is 42.3 Å². The number of carbonyl (C=O) groups is 2. The minimum absolute atomic E-state index is 0.0950. The van der Waals surface area contributed by atoms with Crippen molar-refractivity contribution in [1.29, 1.82) is 0 Å². The minimum atomic E-state index is -0.177. The zero-order valence-electron chi connectivity index (χ0n) is 21.1. The molecule has 0 aliphatic rings. The molecule has 3 N–H and O–H groups in total. The number of nitrogens with one attached hydrogen (secondary N) is 3. The summed E-state index contributed by atoms with van der Waals surface area (Å²) in [6.07, 6.45) is 5.65. The molecule has 1 aromatic heterocycles. The first-order valence-electron chi connectivity index (χ1n) is 11.7. The molecule has 1 heterocycles. The van der Waals surface area contributed by atoms with E-state index in [-0.39, 0.29) is 18.2 Å². The molecule has 0 radical (unpaired) electrons. The Hall–Kier alpha value is -3.90. The van der Waals surface area contributed by atoms with Crippen LogP contribution in [0.15, 0.2) is 66.7 Å². The summed E-state index contributed by atoms with van der Waals surface area (Å²) in [5.41, 5.74) is 5.68. The van der Waals surface area contributed by atoms with Crippen molar-refractivity contribution in [1.82, 2.24) is 9.88 Å². The number of aromatic nitrogens is 1. The summed E-state index contributed by atoms with van der Waals surface area (Å²) in [5.74, 6) is -0.272. The molecule has 0 saturated carbocycles. The molecule has 2 aromatic carbocycles. The molecule has 35 heavy (non-hydrogen) atoms. The number of carbonyl (C=O) groups excluding carboxylic acids is 2. The fourth-order valence-corrected chi connectivity index (χ4v) is 3.65. The summed E-state index contributed by atoms with van der Waals surface area (Å²) in [6.45, 7) is 6.93. The van der Waals surface area contributed by atoms with E-state index >= 15 is 0 Å². The number of aromatic amines is 1. The maximum Gasteiger partial charge on any atom is 0.248 e. The van der Waals surface area contributed by atoms with Crippen LogP contribution in [0.25, 0.3) is 22.9 Å². The van der Waals surface area contributed by atoms with E-state index < -0.39 is 0 Å². The smallest absolute Gasteiger partial charge is 0.248 e. The van der Waals surface area contributed by atoms with Gasteiger partial charge in [0.15, 0.2) is 0 Å². The molecule has 0 unspecified atom stereocenters. The lowest BCUT2D eigenvalue weighted by Gasteiger charge is -2.08. The maximum absolute atomic E-state index is 12.5. The van der Waals surface area contributed by atoms with Gasteiger partial charge in [-0.2, -0.15) is 0 Å². The van der Waals surface area contributed by atoms with E-state index in [0.717, 1.165) is 27.9 Å². The molecular weight excluding hydrogens is 436 g/mol. The van der Waals surface area contributed by atoms with Crippen molar-refractivity contribution in [3.05, 3.63) is 82.9 Å². The van der Waals surface area contributed by atoms with Gasteiger partial charge in [-0.3, -0.25) is 9.59 Å². The van der Waals surface area contributed by atoms with Crippen LogP contribution in [0.2, 0.25) is 0 Å². The molecule has 0 aliphatic heterocycles. The van der Waals surface area contributed by atoms with Crippen molar-refractivity contribution in [2.75, 3.05) is 31.3 Å². The van der Waals surface area contributed by atoms with Gasteiger partial charge in [0, 0.05) is 35.0 Å². The van der Waals surface area contributed by atoms with Gasteiger partial charge >= 0.3 is 0 Å². The Morgan fingerprint density at radius 2 is 1.57 bits per heavy atom. The number of nitrogens with zero attached hydrogens (tertiary/aromatic N) is 1. The van der Waals surface area contributed by atoms with Gasteiger partial charge in [0.1, 0.15) is 0 Å². The van der Waals surface area contributed by atoms with E-state index in [4.69, 9.17) is 0 Å².